The van der Waals surface area contributed by atoms with Crippen LogP contribution in [0.15, 0.2) is 30.3 Å². The van der Waals surface area contributed by atoms with E-state index in [9.17, 15) is 5.11 Å². The molecule has 15 heavy (non-hydrogen) atoms. The number of rotatable bonds is 2. The minimum absolute atomic E-state index is 0.139. The van der Waals surface area contributed by atoms with E-state index in [0.29, 0.717) is 10.7 Å². The second-order valence-electron chi connectivity index (χ2n) is 3.31. The quantitative estimate of drug-likeness (QED) is 0.763. The van der Waals surface area contributed by atoms with Crippen LogP contribution in [0, 0.1) is 0 Å². The van der Waals surface area contributed by atoms with Crippen molar-refractivity contribution in [2.75, 3.05) is 6.54 Å². The number of fused-ring (bicyclic) bond motifs is 1. The van der Waals surface area contributed by atoms with Crippen molar-refractivity contribution >= 4 is 22.5 Å². The van der Waals surface area contributed by atoms with Crippen LogP contribution in [0.2, 0.25) is 5.15 Å². The van der Waals surface area contributed by atoms with Crippen LogP contribution in [0.5, 0.6) is 0 Å². The molecule has 1 aromatic carbocycles. The zero-order valence-electron chi connectivity index (χ0n) is 8.02. The van der Waals surface area contributed by atoms with Crippen LogP contribution < -0.4 is 5.73 Å². The minimum atomic E-state index is -0.755. The third-order valence-electron chi connectivity index (χ3n) is 2.29. The topological polar surface area (TPSA) is 59.1 Å². The van der Waals surface area contributed by atoms with Gasteiger partial charge in [0.15, 0.2) is 0 Å². The SMILES string of the molecule is NC[C@H](O)c1cc2ccccc2nc1Cl. The lowest BCUT2D eigenvalue weighted by atomic mass is 10.1. The van der Waals surface area contributed by atoms with Crippen LogP contribution in [0.1, 0.15) is 11.7 Å². The van der Waals surface area contributed by atoms with Gasteiger partial charge in [-0.3, -0.25) is 0 Å². The molecular weight excluding hydrogens is 212 g/mol. The van der Waals surface area contributed by atoms with Crippen LogP contribution in [0.3, 0.4) is 0 Å². The molecule has 0 bridgehead atoms. The van der Waals surface area contributed by atoms with Crippen LogP contribution in [0.25, 0.3) is 10.9 Å². The van der Waals surface area contributed by atoms with Crippen molar-refractivity contribution in [1.82, 2.24) is 4.98 Å². The Balaban J connectivity index is 2.61. The van der Waals surface area contributed by atoms with Gasteiger partial charge in [0.2, 0.25) is 0 Å². The lowest BCUT2D eigenvalue weighted by Gasteiger charge is -2.10. The van der Waals surface area contributed by atoms with Crippen LogP contribution >= 0.6 is 11.6 Å². The Morgan fingerprint density at radius 1 is 1.40 bits per heavy atom. The average molecular weight is 223 g/mol. The lowest BCUT2D eigenvalue weighted by molar-refractivity contribution is 0.186. The number of nitrogens with two attached hydrogens (primary N) is 1. The van der Waals surface area contributed by atoms with Crippen molar-refractivity contribution < 1.29 is 5.11 Å². The summed E-state index contributed by atoms with van der Waals surface area (Å²) in [7, 11) is 0. The molecule has 2 rings (SSSR count). The van der Waals surface area contributed by atoms with E-state index >= 15 is 0 Å². The summed E-state index contributed by atoms with van der Waals surface area (Å²) in [6, 6.07) is 9.43. The van der Waals surface area contributed by atoms with Gasteiger partial charge in [0.25, 0.3) is 0 Å². The highest BCUT2D eigenvalue weighted by atomic mass is 35.5. The molecule has 4 heteroatoms. The summed E-state index contributed by atoms with van der Waals surface area (Å²) in [5.74, 6) is 0. The maximum atomic E-state index is 9.62. The molecule has 0 fully saturated rings. The Labute approximate surface area is 92.5 Å². The zero-order valence-corrected chi connectivity index (χ0v) is 8.78. The van der Waals surface area contributed by atoms with Gasteiger partial charge in [-0.2, -0.15) is 0 Å². The second kappa shape index (κ2) is 4.14. The normalized spacial score (nSPS) is 13.0. The number of pyridine rings is 1. The van der Waals surface area contributed by atoms with Gasteiger partial charge in [-0.1, -0.05) is 29.8 Å². The molecule has 0 amide bonds. The van der Waals surface area contributed by atoms with Crippen molar-refractivity contribution in [3.63, 3.8) is 0 Å². The molecule has 0 radical (unpaired) electrons. The predicted octanol–water partition coefficient (Wildman–Crippen LogP) is 1.88. The standard InChI is InChI=1S/C11H11ClN2O/c12-11-8(10(15)6-13)5-7-3-1-2-4-9(7)14-11/h1-5,10,15H,6,13H2/t10-/m0/s1. The fourth-order valence-corrected chi connectivity index (χ4v) is 1.74. The van der Waals surface area contributed by atoms with Gasteiger partial charge in [0.1, 0.15) is 5.15 Å². The van der Waals surface area contributed by atoms with Crippen LogP contribution in [-0.2, 0) is 0 Å². The van der Waals surface area contributed by atoms with Crippen LogP contribution in [-0.4, -0.2) is 16.6 Å². The highest BCUT2D eigenvalue weighted by Gasteiger charge is 2.11. The first-order valence-electron chi connectivity index (χ1n) is 4.65. The van der Waals surface area contributed by atoms with E-state index in [1.807, 2.05) is 30.3 Å². The number of hydrogen-bond donors (Lipinski definition) is 2. The lowest BCUT2D eigenvalue weighted by Crippen LogP contribution is -2.12. The maximum Gasteiger partial charge on any atom is 0.135 e. The molecule has 78 valence electrons. The Morgan fingerprint density at radius 3 is 2.87 bits per heavy atom. The highest BCUT2D eigenvalue weighted by Crippen LogP contribution is 2.24. The number of aliphatic hydroxyl groups is 1. The Kier molecular flexibility index (Phi) is 2.86. The molecule has 3 nitrogen and oxygen atoms in total. The van der Waals surface area contributed by atoms with Gasteiger partial charge in [0.05, 0.1) is 11.6 Å². The molecule has 1 atom stereocenters. The smallest absolute Gasteiger partial charge is 0.135 e. The van der Waals surface area contributed by atoms with Crippen molar-refractivity contribution in [2.24, 2.45) is 5.73 Å². The molecule has 2 aromatic rings. The van der Waals surface area contributed by atoms with Gasteiger partial charge in [0, 0.05) is 17.5 Å². The van der Waals surface area contributed by atoms with E-state index < -0.39 is 6.10 Å². The van der Waals surface area contributed by atoms with E-state index in [4.69, 9.17) is 17.3 Å². The summed E-state index contributed by atoms with van der Waals surface area (Å²) < 4.78 is 0. The Bertz CT molecular complexity index is 487. The summed E-state index contributed by atoms with van der Waals surface area (Å²) in [5, 5.41) is 10.9. The predicted molar refractivity (Wildman–Crippen MR) is 60.8 cm³/mol. The van der Waals surface area contributed by atoms with Gasteiger partial charge in [-0.25, -0.2) is 4.98 Å². The summed E-state index contributed by atoms with van der Waals surface area (Å²) in [6.07, 6.45) is -0.755. The second-order valence-corrected chi connectivity index (χ2v) is 3.67. The number of aromatic nitrogens is 1. The number of aliphatic hydroxyl groups excluding tert-OH is 1. The third kappa shape index (κ3) is 1.95. The molecule has 0 unspecified atom stereocenters. The molecule has 0 aliphatic rings. The third-order valence-corrected chi connectivity index (χ3v) is 2.59. The molecular formula is C11H11ClN2O. The number of benzene rings is 1. The van der Waals surface area contributed by atoms with E-state index in [0.717, 1.165) is 10.9 Å². The molecule has 0 aliphatic carbocycles. The monoisotopic (exact) mass is 222 g/mol. The molecule has 0 saturated carbocycles. The number of halogens is 1. The first-order valence-corrected chi connectivity index (χ1v) is 5.03. The van der Waals surface area contributed by atoms with Gasteiger partial charge in [-0.15, -0.1) is 0 Å². The number of hydrogen-bond acceptors (Lipinski definition) is 3. The maximum absolute atomic E-state index is 9.62. The molecule has 1 heterocycles. The molecule has 0 saturated heterocycles. The summed E-state index contributed by atoms with van der Waals surface area (Å²) >= 11 is 5.95. The highest BCUT2D eigenvalue weighted by molar-refractivity contribution is 6.30. The van der Waals surface area contributed by atoms with E-state index in [2.05, 4.69) is 4.98 Å². The van der Waals surface area contributed by atoms with Crippen molar-refractivity contribution in [2.45, 2.75) is 6.10 Å². The van der Waals surface area contributed by atoms with Gasteiger partial charge >= 0.3 is 0 Å². The molecule has 0 spiro atoms. The first kappa shape index (κ1) is 10.4. The van der Waals surface area contributed by atoms with E-state index in [-0.39, 0.29) is 6.54 Å². The molecule has 0 aliphatic heterocycles. The molecule has 1 aromatic heterocycles. The van der Waals surface area contributed by atoms with E-state index in [1.54, 1.807) is 0 Å². The summed E-state index contributed by atoms with van der Waals surface area (Å²) in [4.78, 5) is 4.19. The van der Waals surface area contributed by atoms with Crippen molar-refractivity contribution in [3.05, 3.63) is 41.0 Å². The first-order chi connectivity index (χ1) is 7.22. The van der Waals surface area contributed by atoms with Crippen LogP contribution in [0.4, 0.5) is 0 Å². The molecule has 3 N–H and O–H groups in total. The van der Waals surface area contributed by atoms with Crippen molar-refractivity contribution in [1.29, 1.82) is 0 Å². The van der Waals surface area contributed by atoms with Crippen molar-refractivity contribution in [3.8, 4) is 0 Å². The van der Waals surface area contributed by atoms with Gasteiger partial charge < -0.3 is 10.8 Å². The van der Waals surface area contributed by atoms with Gasteiger partial charge in [-0.05, 0) is 12.1 Å². The fourth-order valence-electron chi connectivity index (χ4n) is 1.47. The summed E-state index contributed by atoms with van der Waals surface area (Å²) in [5.41, 5.74) is 6.78. The largest absolute Gasteiger partial charge is 0.387 e. The Hall–Kier alpha value is -1.16. The Morgan fingerprint density at radius 2 is 2.13 bits per heavy atom. The minimum Gasteiger partial charge on any atom is -0.387 e. The number of nitrogens with zero attached hydrogens (tertiary/aromatic N) is 1. The average Bonchev–Trinajstić information content (AvgIpc) is 2.27. The number of para-hydroxylation sites is 1. The zero-order chi connectivity index (χ0) is 10.8. The van der Waals surface area contributed by atoms with E-state index in [1.165, 1.54) is 0 Å². The fraction of sp³-hybridized carbons (Fsp3) is 0.182. The summed E-state index contributed by atoms with van der Waals surface area (Å²) in [6.45, 7) is 0.139.